The maximum absolute atomic E-state index is 12.0. The van der Waals surface area contributed by atoms with Gasteiger partial charge in [-0.3, -0.25) is 4.79 Å². The van der Waals surface area contributed by atoms with Gasteiger partial charge in [-0.1, -0.05) is 6.07 Å². The highest BCUT2D eigenvalue weighted by molar-refractivity contribution is 5.80. The number of hydrogen-bond acceptors (Lipinski definition) is 4. The maximum Gasteiger partial charge on any atom is 0.573 e. The van der Waals surface area contributed by atoms with E-state index >= 15 is 0 Å². The highest BCUT2D eigenvalue weighted by Crippen LogP contribution is 2.24. The SMILES string of the molecule is N#CCNC(=O)CNc1cccc(OC(F)(F)F)c1. The molecule has 102 valence electrons. The number of amides is 1. The Kier molecular flexibility index (Phi) is 5.00. The second-order valence-corrected chi connectivity index (χ2v) is 3.36. The fraction of sp³-hybridized carbons (Fsp3) is 0.273. The Morgan fingerprint density at radius 2 is 2.16 bits per heavy atom. The molecule has 19 heavy (non-hydrogen) atoms. The van der Waals surface area contributed by atoms with Crippen molar-refractivity contribution >= 4 is 11.6 Å². The second kappa shape index (κ2) is 6.49. The lowest BCUT2D eigenvalue weighted by atomic mass is 10.3. The summed E-state index contributed by atoms with van der Waals surface area (Å²) < 4.78 is 39.7. The zero-order valence-corrected chi connectivity index (χ0v) is 9.62. The molecular weight excluding hydrogens is 263 g/mol. The molecule has 0 bridgehead atoms. The summed E-state index contributed by atoms with van der Waals surface area (Å²) in [7, 11) is 0. The molecule has 8 heteroatoms. The molecule has 0 spiro atoms. The number of ether oxygens (including phenoxy) is 1. The third-order valence-electron chi connectivity index (χ3n) is 1.89. The largest absolute Gasteiger partial charge is 0.573 e. The standard InChI is InChI=1S/C11H10F3N3O2/c12-11(13,14)19-9-3-1-2-8(6-9)17-7-10(18)16-5-4-15/h1-3,6,17H,5,7H2,(H,16,18). The van der Waals surface area contributed by atoms with Crippen molar-refractivity contribution in [3.63, 3.8) is 0 Å². The average molecular weight is 273 g/mol. The lowest BCUT2D eigenvalue weighted by Gasteiger charge is -2.11. The summed E-state index contributed by atoms with van der Waals surface area (Å²) in [6.07, 6.45) is -4.76. The van der Waals surface area contributed by atoms with Crippen LogP contribution in [0.4, 0.5) is 18.9 Å². The lowest BCUT2D eigenvalue weighted by Crippen LogP contribution is -2.30. The minimum Gasteiger partial charge on any atom is -0.406 e. The summed E-state index contributed by atoms with van der Waals surface area (Å²) in [5.41, 5.74) is 0.300. The summed E-state index contributed by atoms with van der Waals surface area (Å²) in [4.78, 5) is 11.2. The highest BCUT2D eigenvalue weighted by Gasteiger charge is 2.31. The number of nitrogens with one attached hydrogen (secondary N) is 2. The first kappa shape index (κ1) is 14.6. The third kappa shape index (κ3) is 6.16. The molecule has 2 N–H and O–H groups in total. The Labute approximate surface area is 107 Å². The molecule has 0 radical (unpaired) electrons. The molecule has 1 rings (SSSR count). The van der Waals surface area contributed by atoms with E-state index in [0.29, 0.717) is 5.69 Å². The highest BCUT2D eigenvalue weighted by atomic mass is 19.4. The van der Waals surface area contributed by atoms with Crippen LogP contribution in [0.1, 0.15) is 0 Å². The third-order valence-corrected chi connectivity index (χ3v) is 1.89. The first-order chi connectivity index (χ1) is 8.90. The van der Waals surface area contributed by atoms with Gasteiger partial charge in [0, 0.05) is 11.8 Å². The number of nitrogens with zero attached hydrogens (tertiary/aromatic N) is 1. The molecule has 0 unspecified atom stereocenters. The Bertz CT molecular complexity index is 483. The van der Waals surface area contributed by atoms with Crippen molar-refractivity contribution in [1.29, 1.82) is 5.26 Å². The zero-order chi connectivity index (χ0) is 14.3. The van der Waals surface area contributed by atoms with E-state index in [9.17, 15) is 18.0 Å². The molecule has 5 nitrogen and oxygen atoms in total. The Morgan fingerprint density at radius 3 is 2.79 bits per heavy atom. The number of nitriles is 1. The number of anilines is 1. The molecule has 0 aliphatic heterocycles. The Balaban J connectivity index is 2.53. The Morgan fingerprint density at radius 1 is 1.42 bits per heavy atom. The van der Waals surface area contributed by atoms with E-state index < -0.39 is 12.3 Å². The maximum atomic E-state index is 12.0. The minimum absolute atomic E-state index is 0.127. The Hall–Kier alpha value is -2.43. The normalized spacial score (nSPS) is 10.4. The van der Waals surface area contributed by atoms with Gasteiger partial charge in [0.15, 0.2) is 0 Å². The molecule has 0 aromatic heterocycles. The summed E-state index contributed by atoms with van der Waals surface area (Å²) in [6, 6.07) is 6.83. The van der Waals surface area contributed by atoms with Crippen molar-refractivity contribution in [3.05, 3.63) is 24.3 Å². The van der Waals surface area contributed by atoms with Gasteiger partial charge in [0.2, 0.25) is 5.91 Å². The van der Waals surface area contributed by atoms with Crippen LogP contribution in [0.2, 0.25) is 0 Å². The molecule has 0 aliphatic rings. The number of halogens is 3. The number of alkyl halides is 3. The van der Waals surface area contributed by atoms with Crippen LogP contribution in [0.25, 0.3) is 0 Å². The van der Waals surface area contributed by atoms with Crippen LogP contribution in [0.3, 0.4) is 0 Å². The predicted molar refractivity (Wildman–Crippen MR) is 60.2 cm³/mol. The smallest absolute Gasteiger partial charge is 0.406 e. The van der Waals surface area contributed by atoms with E-state index in [1.54, 1.807) is 6.07 Å². The van der Waals surface area contributed by atoms with Gasteiger partial charge < -0.3 is 15.4 Å². The number of carbonyl (C=O) groups is 1. The van der Waals surface area contributed by atoms with E-state index in [1.165, 1.54) is 12.1 Å². The lowest BCUT2D eigenvalue weighted by molar-refractivity contribution is -0.274. The molecule has 1 amide bonds. The van der Waals surface area contributed by atoms with Crippen LogP contribution in [0.5, 0.6) is 5.75 Å². The first-order valence-corrected chi connectivity index (χ1v) is 5.14. The summed E-state index contributed by atoms with van der Waals surface area (Å²) in [6.45, 7) is -0.283. The van der Waals surface area contributed by atoms with Crippen molar-refractivity contribution in [3.8, 4) is 11.8 Å². The van der Waals surface area contributed by atoms with Gasteiger partial charge in [-0.2, -0.15) is 5.26 Å². The van der Waals surface area contributed by atoms with Crippen LogP contribution in [-0.2, 0) is 4.79 Å². The molecule has 0 heterocycles. The predicted octanol–water partition coefficient (Wildman–Crippen LogP) is 1.64. The van der Waals surface area contributed by atoms with Gasteiger partial charge in [-0.25, -0.2) is 0 Å². The molecule has 0 saturated heterocycles. The van der Waals surface area contributed by atoms with Gasteiger partial charge in [-0.05, 0) is 12.1 Å². The van der Waals surface area contributed by atoms with Crippen molar-refractivity contribution < 1.29 is 22.7 Å². The molecule has 1 aromatic carbocycles. The van der Waals surface area contributed by atoms with Crippen molar-refractivity contribution in [1.82, 2.24) is 5.32 Å². The summed E-state index contributed by atoms with van der Waals surface area (Å²) in [5, 5.41) is 13.1. The monoisotopic (exact) mass is 273 g/mol. The second-order valence-electron chi connectivity index (χ2n) is 3.36. The number of benzene rings is 1. The quantitative estimate of drug-likeness (QED) is 0.800. The first-order valence-electron chi connectivity index (χ1n) is 5.14. The summed E-state index contributed by atoms with van der Waals surface area (Å²) >= 11 is 0. The van der Waals surface area contributed by atoms with Gasteiger partial charge >= 0.3 is 6.36 Å². The van der Waals surface area contributed by atoms with Crippen molar-refractivity contribution in [2.45, 2.75) is 6.36 Å². The number of rotatable bonds is 5. The van der Waals surface area contributed by atoms with E-state index in [4.69, 9.17) is 5.26 Å². The van der Waals surface area contributed by atoms with Crippen LogP contribution < -0.4 is 15.4 Å². The molecule has 0 aliphatic carbocycles. The average Bonchev–Trinajstić information content (AvgIpc) is 2.32. The van der Waals surface area contributed by atoms with Crippen LogP contribution >= 0.6 is 0 Å². The zero-order valence-electron chi connectivity index (χ0n) is 9.62. The van der Waals surface area contributed by atoms with E-state index in [-0.39, 0.29) is 18.8 Å². The fourth-order valence-electron chi connectivity index (χ4n) is 1.19. The van der Waals surface area contributed by atoms with Gasteiger partial charge in [-0.15, -0.1) is 13.2 Å². The van der Waals surface area contributed by atoms with E-state index in [1.807, 2.05) is 0 Å². The molecule has 0 fully saturated rings. The van der Waals surface area contributed by atoms with Crippen molar-refractivity contribution in [2.24, 2.45) is 0 Å². The molecule has 0 saturated carbocycles. The van der Waals surface area contributed by atoms with Crippen LogP contribution in [0.15, 0.2) is 24.3 Å². The van der Waals surface area contributed by atoms with Gasteiger partial charge in [0.05, 0.1) is 12.6 Å². The number of hydrogen-bond donors (Lipinski definition) is 2. The number of carbonyl (C=O) groups excluding carboxylic acids is 1. The topological polar surface area (TPSA) is 74.2 Å². The van der Waals surface area contributed by atoms with Crippen LogP contribution in [-0.4, -0.2) is 25.4 Å². The van der Waals surface area contributed by atoms with Crippen LogP contribution in [0, 0.1) is 11.3 Å². The summed E-state index contributed by atoms with van der Waals surface area (Å²) in [5.74, 6) is -0.821. The fourth-order valence-corrected chi connectivity index (χ4v) is 1.19. The minimum atomic E-state index is -4.76. The molecule has 1 aromatic rings. The van der Waals surface area contributed by atoms with Gasteiger partial charge in [0.1, 0.15) is 12.3 Å². The van der Waals surface area contributed by atoms with E-state index in [2.05, 4.69) is 15.4 Å². The molecular formula is C11H10F3N3O2. The van der Waals surface area contributed by atoms with Crippen molar-refractivity contribution in [2.75, 3.05) is 18.4 Å². The van der Waals surface area contributed by atoms with E-state index in [0.717, 1.165) is 12.1 Å². The molecule has 0 atom stereocenters. The van der Waals surface area contributed by atoms with Gasteiger partial charge in [0.25, 0.3) is 0 Å².